The molecule has 11 heteroatoms. The Morgan fingerprint density at radius 2 is 1.81 bits per heavy atom. The molecule has 0 amide bonds. The van der Waals surface area contributed by atoms with Crippen LogP contribution in [-0.4, -0.2) is 35.9 Å². The molecule has 3 aromatic rings. The van der Waals surface area contributed by atoms with E-state index < -0.39 is 21.9 Å². The van der Waals surface area contributed by atoms with Gasteiger partial charge in [-0.3, -0.25) is 0 Å². The summed E-state index contributed by atoms with van der Waals surface area (Å²) in [6, 6.07) is 8.46. The molecule has 1 aliphatic heterocycles. The zero-order valence-corrected chi connectivity index (χ0v) is 18.3. The number of alkyl halides is 3. The number of nitrogens with zero attached hydrogens (tertiary/aromatic N) is 3. The minimum Gasteiger partial charge on any atom is -0.355 e. The number of fused-ring (bicyclic) bond motifs is 1. The molecule has 170 valence electrons. The largest absolute Gasteiger partial charge is 0.416 e. The maximum absolute atomic E-state index is 12.9. The van der Waals surface area contributed by atoms with Crippen LogP contribution in [0.4, 0.5) is 24.5 Å². The van der Waals surface area contributed by atoms with Crippen molar-refractivity contribution in [2.75, 3.05) is 18.9 Å². The highest BCUT2D eigenvalue weighted by atomic mass is 32.2. The number of halogens is 3. The zero-order chi connectivity index (χ0) is 23.1. The molecule has 0 bridgehead atoms. The van der Waals surface area contributed by atoms with E-state index in [1.807, 2.05) is 19.3 Å². The van der Waals surface area contributed by atoms with Gasteiger partial charge in [0.15, 0.2) is 0 Å². The zero-order valence-electron chi connectivity index (χ0n) is 17.4. The van der Waals surface area contributed by atoms with Gasteiger partial charge in [0, 0.05) is 50.3 Å². The topological polar surface area (TPSA) is 79.3 Å². The second-order valence-corrected chi connectivity index (χ2v) is 9.42. The van der Waals surface area contributed by atoms with E-state index in [0.29, 0.717) is 30.0 Å². The Morgan fingerprint density at radius 3 is 2.41 bits per heavy atom. The maximum atomic E-state index is 12.9. The van der Waals surface area contributed by atoms with Crippen LogP contribution in [0.2, 0.25) is 0 Å². The van der Waals surface area contributed by atoms with Crippen LogP contribution >= 0.6 is 0 Å². The van der Waals surface area contributed by atoms with E-state index in [4.69, 9.17) is 0 Å². The van der Waals surface area contributed by atoms with Crippen molar-refractivity contribution in [3.63, 3.8) is 0 Å². The molecule has 0 aliphatic carbocycles. The molecule has 4 rings (SSSR count). The molecule has 32 heavy (non-hydrogen) atoms. The monoisotopic (exact) mass is 465 g/mol. The first kappa shape index (κ1) is 22.3. The van der Waals surface area contributed by atoms with Crippen molar-refractivity contribution in [3.05, 3.63) is 65.6 Å². The lowest BCUT2D eigenvalue weighted by Crippen LogP contribution is -2.42. The van der Waals surface area contributed by atoms with E-state index in [0.717, 1.165) is 28.8 Å². The Morgan fingerprint density at radius 1 is 1.09 bits per heavy atom. The number of hydrogen-bond donors (Lipinski definition) is 2. The standard InChI is InChI=1S/C21H22F3N5O2S/c1-25-32(30,31)29-10-9-17-14(11-29)3-8-18(20(17)19-12-28(2)13-26-19)27-16-6-4-15(5-7-16)21(22,23)24/h3-8,12-13,25,27H,9-11H2,1-2H3. The van der Waals surface area contributed by atoms with Gasteiger partial charge in [0.2, 0.25) is 0 Å². The highest BCUT2D eigenvalue weighted by molar-refractivity contribution is 7.87. The van der Waals surface area contributed by atoms with Crippen molar-refractivity contribution in [1.29, 1.82) is 0 Å². The van der Waals surface area contributed by atoms with Crippen molar-refractivity contribution in [3.8, 4) is 11.3 Å². The van der Waals surface area contributed by atoms with Gasteiger partial charge in [-0.05, 0) is 47.9 Å². The van der Waals surface area contributed by atoms with Gasteiger partial charge in [0.05, 0.1) is 17.6 Å². The van der Waals surface area contributed by atoms with E-state index in [9.17, 15) is 21.6 Å². The third kappa shape index (κ3) is 4.36. The Labute approximate surface area is 184 Å². The number of rotatable bonds is 5. The fourth-order valence-electron chi connectivity index (χ4n) is 3.80. The number of hydrogen-bond acceptors (Lipinski definition) is 4. The van der Waals surface area contributed by atoms with E-state index in [-0.39, 0.29) is 6.54 Å². The molecule has 0 saturated heterocycles. The Bertz CT molecular complexity index is 1240. The number of anilines is 2. The Hall–Kier alpha value is -2.89. The SMILES string of the molecule is CNS(=O)(=O)N1CCc2c(ccc(Nc3ccc(C(F)(F)F)cc3)c2-c2cn(C)cn2)C1. The highest BCUT2D eigenvalue weighted by Gasteiger charge is 2.30. The fraction of sp³-hybridized carbons (Fsp3) is 0.286. The summed E-state index contributed by atoms with van der Waals surface area (Å²) in [7, 11) is -0.337. The average Bonchev–Trinajstić information content (AvgIpc) is 3.18. The lowest BCUT2D eigenvalue weighted by atomic mass is 9.92. The predicted octanol–water partition coefficient (Wildman–Crippen LogP) is 3.67. The molecule has 7 nitrogen and oxygen atoms in total. The first-order valence-corrected chi connectivity index (χ1v) is 11.3. The summed E-state index contributed by atoms with van der Waals surface area (Å²) in [6.07, 6.45) is -0.408. The van der Waals surface area contributed by atoms with E-state index in [1.54, 1.807) is 17.0 Å². The van der Waals surface area contributed by atoms with Crippen LogP contribution in [0.5, 0.6) is 0 Å². The van der Waals surface area contributed by atoms with Crippen molar-refractivity contribution in [2.45, 2.75) is 19.1 Å². The van der Waals surface area contributed by atoms with Gasteiger partial charge in [-0.15, -0.1) is 0 Å². The van der Waals surface area contributed by atoms with Gasteiger partial charge >= 0.3 is 6.18 Å². The summed E-state index contributed by atoms with van der Waals surface area (Å²) in [5.74, 6) is 0. The van der Waals surface area contributed by atoms with Gasteiger partial charge < -0.3 is 9.88 Å². The summed E-state index contributed by atoms with van der Waals surface area (Å²) in [5, 5.41) is 3.20. The second kappa shape index (κ2) is 8.23. The van der Waals surface area contributed by atoms with Crippen molar-refractivity contribution in [1.82, 2.24) is 18.6 Å². The number of imidazole rings is 1. The molecule has 1 aromatic heterocycles. The van der Waals surface area contributed by atoms with E-state index in [1.165, 1.54) is 23.5 Å². The van der Waals surface area contributed by atoms with E-state index >= 15 is 0 Å². The predicted molar refractivity (Wildman–Crippen MR) is 115 cm³/mol. The molecule has 0 saturated carbocycles. The van der Waals surface area contributed by atoms with Crippen molar-refractivity contribution in [2.24, 2.45) is 7.05 Å². The Kier molecular flexibility index (Phi) is 5.74. The van der Waals surface area contributed by atoms with Crippen LogP contribution in [0.15, 0.2) is 48.9 Å². The summed E-state index contributed by atoms with van der Waals surface area (Å²) >= 11 is 0. The summed E-state index contributed by atoms with van der Waals surface area (Å²) in [5.41, 5.74) is 3.80. The average molecular weight is 466 g/mol. The fourth-order valence-corrected chi connectivity index (χ4v) is 4.70. The van der Waals surface area contributed by atoms with Crippen LogP contribution < -0.4 is 10.0 Å². The van der Waals surface area contributed by atoms with Crippen LogP contribution in [0.1, 0.15) is 16.7 Å². The van der Waals surface area contributed by atoms with Crippen LogP contribution in [0, 0.1) is 0 Å². The van der Waals surface area contributed by atoms with Crippen molar-refractivity contribution < 1.29 is 21.6 Å². The van der Waals surface area contributed by atoms with Crippen LogP contribution in [0.25, 0.3) is 11.3 Å². The van der Waals surface area contributed by atoms with Gasteiger partial charge in [0.25, 0.3) is 10.2 Å². The van der Waals surface area contributed by atoms with Crippen LogP contribution in [0.3, 0.4) is 0 Å². The molecule has 2 heterocycles. The molecule has 2 aromatic carbocycles. The number of aryl methyl sites for hydroxylation is 1. The van der Waals surface area contributed by atoms with Gasteiger partial charge in [-0.2, -0.15) is 25.9 Å². The van der Waals surface area contributed by atoms with Crippen molar-refractivity contribution >= 4 is 21.6 Å². The second-order valence-electron chi connectivity index (χ2n) is 7.54. The number of aromatic nitrogens is 2. The molecule has 2 N–H and O–H groups in total. The third-order valence-corrected chi connectivity index (χ3v) is 6.93. The van der Waals surface area contributed by atoms with Gasteiger partial charge in [-0.25, -0.2) is 9.71 Å². The van der Waals surface area contributed by atoms with Gasteiger partial charge in [-0.1, -0.05) is 6.07 Å². The number of nitrogens with one attached hydrogen (secondary N) is 2. The molecular formula is C21H22F3N5O2S. The highest BCUT2D eigenvalue weighted by Crippen LogP contribution is 2.38. The molecular weight excluding hydrogens is 443 g/mol. The minimum absolute atomic E-state index is 0.221. The first-order valence-electron chi connectivity index (χ1n) is 9.84. The van der Waals surface area contributed by atoms with E-state index in [2.05, 4.69) is 15.0 Å². The summed E-state index contributed by atoms with van der Waals surface area (Å²) in [6.45, 7) is 0.526. The molecule has 0 radical (unpaired) electrons. The minimum atomic E-state index is -4.40. The summed E-state index contributed by atoms with van der Waals surface area (Å²) < 4.78 is 68.6. The van der Waals surface area contributed by atoms with Gasteiger partial charge in [0.1, 0.15) is 0 Å². The maximum Gasteiger partial charge on any atom is 0.416 e. The number of benzene rings is 2. The lowest BCUT2D eigenvalue weighted by molar-refractivity contribution is -0.137. The smallest absolute Gasteiger partial charge is 0.355 e. The quantitative estimate of drug-likeness (QED) is 0.603. The molecule has 1 aliphatic rings. The molecule has 0 fully saturated rings. The molecule has 0 atom stereocenters. The summed E-state index contributed by atoms with van der Waals surface area (Å²) in [4.78, 5) is 4.46. The lowest BCUT2D eigenvalue weighted by Gasteiger charge is -2.29. The third-order valence-electron chi connectivity index (χ3n) is 5.42. The molecule has 0 unspecified atom stereocenters. The first-order chi connectivity index (χ1) is 15.1. The normalized spacial score (nSPS) is 14.9. The Balaban J connectivity index is 1.74. The van der Waals surface area contributed by atoms with Crippen LogP contribution in [-0.2, 0) is 36.4 Å². The molecule has 0 spiro atoms.